The summed E-state index contributed by atoms with van der Waals surface area (Å²) in [6.07, 6.45) is 0. The molecule has 0 unspecified atom stereocenters. The minimum atomic E-state index is -0.748. The van der Waals surface area contributed by atoms with E-state index in [0.29, 0.717) is 10.0 Å². The maximum atomic E-state index is 13.4. The van der Waals surface area contributed by atoms with Gasteiger partial charge in [-0.15, -0.1) is 0 Å². The lowest BCUT2D eigenvalue weighted by Crippen LogP contribution is -2.04. The second-order valence-corrected chi connectivity index (χ2v) is 4.92. The van der Waals surface area contributed by atoms with Gasteiger partial charge in [-0.3, -0.25) is 10.1 Å². The predicted octanol–water partition coefficient (Wildman–Crippen LogP) is 4.25. The Morgan fingerprint density at radius 1 is 1.20 bits per heavy atom. The summed E-state index contributed by atoms with van der Waals surface area (Å²) in [6, 6.07) is 7.60. The topological polar surface area (TPSA) is 55.2 Å². The van der Waals surface area contributed by atoms with Gasteiger partial charge in [0.2, 0.25) is 0 Å². The number of nitro groups is 1. The number of anilines is 1. The van der Waals surface area contributed by atoms with E-state index in [4.69, 9.17) is 0 Å². The van der Waals surface area contributed by atoms with Crippen LogP contribution in [0.5, 0.6) is 0 Å². The van der Waals surface area contributed by atoms with Gasteiger partial charge in [0.05, 0.1) is 10.6 Å². The van der Waals surface area contributed by atoms with E-state index in [2.05, 4.69) is 21.2 Å². The first-order chi connectivity index (χ1) is 9.47. The first-order valence-electron chi connectivity index (χ1n) is 5.59. The second-order valence-electron chi connectivity index (χ2n) is 4.01. The Morgan fingerprint density at radius 2 is 1.95 bits per heavy atom. The highest BCUT2D eigenvalue weighted by molar-refractivity contribution is 9.10. The molecule has 0 heterocycles. The van der Waals surface area contributed by atoms with Gasteiger partial charge < -0.3 is 5.32 Å². The van der Waals surface area contributed by atoms with Crippen LogP contribution in [0.1, 0.15) is 5.56 Å². The molecule has 2 aromatic carbocycles. The van der Waals surface area contributed by atoms with E-state index in [1.54, 1.807) is 12.1 Å². The second kappa shape index (κ2) is 5.96. The van der Waals surface area contributed by atoms with Crippen molar-refractivity contribution in [2.24, 2.45) is 0 Å². The minimum absolute atomic E-state index is 0.0539. The van der Waals surface area contributed by atoms with Crippen molar-refractivity contribution in [3.05, 3.63) is 68.2 Å². The average molecular weight is 343 g/mol. The Kier molecular flexibility index (Phi) is 4.29. The van der Waals surface area contributed by atoms with Crippen LogP contribution < -0.4 is 5.32 Å². The number of rotatable bonds is 4. The monoisotopic (exact) mass is 342 g/mol. The number of nitrogens with zero attached hydrogens (tertiary/aromatic N) is 1. The van der Waals surface area contributed by atoms with E-state index < -0.39 is 16.6 Å². The summed E-state index contributed by atoms with van der Waals surface area (Å²) in [5.74, 6) is -1.43. The van der Waals surface area contributed by atoms with Crippen molar-refractivity contribution < 1.29 is 13.7 Å². The molecule has 0 saturated carbocycles. The molecule has 0 bridgehead atoms. The summed E-state index contributed by atoms with van der Waals surface area (Å²) < 4.78 is 26.9. The SMILES string of the molecule is O=[N+]([O-])c1ccc(Br)cc1CNc1ccc(F)cc1F. The third-order valence-electron chi connectivity index (χ3n) is 2.64. The number of hydrogen-bond acceptors (Lipinski definition) is 3. The molecule has 4 nitrogen and oxygen atoms in total. The Labute approximate surface area is 121 Å². The van der Waals surface area contributed by atoms with Crippen LogP contribution >= 0.6 is 15.9 Å². The van der Waals surface area contributed by atoms with E-state index in [-0.39, 0.29) is 17.9 Å². The molecule has 0 spiro atoms. The lowest BCUT2D eigenvalue weighted by Gasteiger charge is -2.08. The molecule has 0 saturated heterocycles. The predicted molar refractivity (Wildman–Crippen MR) is 74.5 cm³/mol. The lowest BCUT2D eigenvalue weighted by molar-refractivity contribution is -0.385. The molecule has 0 amide bonds. The Bertz CT molecular complexity index is 665. The van der Waals surface area contributed by atoms with Gasteiger partial charge in [0.15, 0.2) is 0 Å². The fraction of sp³-hybridized carbons (Fsp3) is 0.0769. The van der Waals surface area contributed by atoms with Crippen molar-refractivity contribution in [1.29, 1.82) is 0 Å². The highest BCUT2D eigenvalue weighted by Gasteiger charge is 2.14. The highest BCUT2D eigenvalue weighted by atomic mass is 79.9. The molecule has 0 aromatic heterocycles. The van der Waals surface area contributed by atoms with Crippen LogP contribution in [0.15, 0.2) is 40.9 Å². The van der Waals surface area contributed by atoms with E-state index in [1.807, 2.05) is 0 Å². The van der Waals surface area contributed by atoms with Crippen molar-refractivity contribution in [3.8, 4) is 0 Å². The smallest absolute Gasteiger partial charge is 0.274 e. The molecule has 0 aliphatic heterocycles. The number of halogens is 3. The number of benzene rings is 2. The van der Waals surface area contributed by atoms with E-state index in [1.165, 1.54) is 12.1 Å². The van der Waals surface area contributed by atoms with Crippen LogP contribution in [-0.4, -0.2) is 4.92 Å². The molecule has 7 heteroatoms. The summed E-state index contributed by atoms with van der Waals surface area (Å²) in [5.41, 5.74) is 0.414. The number of nitro benzene ring substituents is 1. The largest absolute Gasteiger partial charge is 0.378 e. The molecular formula is C13H9BrF2N2O2. The van der Waals surface area contributed by atoms with Gasteiger partial charge in [-0.1, -0.05) is 15.9 Å². The van der Waals surface area contributed by atoms with Crippen LogP contribution in [0, 0.1) is 21.7 Å². The normalized spacial score (nSPS) is 10.3. The zero-order valence-corrected chi connectivity index (χ0v) is 11.7. The molecule has 0 atom stereocenters. The fourth-order valence-corrected chi connectivity index (χ4v) is 2.11. The molecule has 1 N–H and O–H groups in total. The van der Waals surface area contributed by atoms with Gasteiger partial charge in [-0.25, -0.2) is 8.78 Å². The van der Waals surface area contributed by atoms with Crippen LogP contribution in [0.2, 0.25) is 0 Å². The van der Waals surface area contributed by atoms with Crippen LogP contribution in [-0.2, 0) is 6.54 Å². The summed E-state index contributed by atoms with van der Waals surface area (Å²) >= 11 is 3.22. The van der Waals surface area contributed by atoms with Gasteiger partial charge in [0, 0.05) is 28.7 Å². The summed E-state index contributed by atoms with van der Waals surface area (Å²) in [5, 5.41) is 13.6. The first-order valence-corrected chi connectivity index (χ1v) is 6.38. The van der Waals surface area contributed by atoms with Crippen molar-refractivity contribution in [2.45, 2.75) is 6.54 Å². The van der Waals surface area contributed by atoms with Crippen molar-refractivity contribution in [2.75, 3.05) is 5.32 Å². The third kappa shape index (κ3) is 3.30. The standard InChI is InChI=1S/C13H9BrF2N2O2/c14-9-1-4-13(18(19)20)8(5-9)7-17-12-3-2-10(15)6-11(12)16/h1-6,17H,7H2. The molecule has 2 aromatic rings. The van der Waals surface area contributed by atoms with E-state index in [0.717, 1.165) is 12.1 Å². The van der Waals surface area contributed by atoms with Gasteiger partial charge in [0.1, 0.15) is 11.6 Å². The van der Waals surface area contributed by atoms with Crippen molar-refractivity contribution in [3.63, 3.8) is 0 Å². The summed E-state index contributed by atoms with van der Waals surface area (Å²) in [7, 11) is 0. The van der Waals surface area contributed by atoms with Gasteiger partial charge in [-0.05, 0) is 24.3 Å². The Morgan fingerprint density at radius 3 is 2.60 bits per heavy atom. The zero-order valence-electron chi connectivity index (χ0n) is 10.1. The molecule has 0 aliphatic rings. The zero-order chi connectivity index (χ0) is 14.7. The van der Waals surface area contributed by atoms with Crippen molar-refractivity contribution in [1.82, 2.24) is 0 Å². The van der Waals surface area contributed by atoms with Crippen molar-refractivity contribution >= 4 is 27.3 Å². The molecule has 0 radical (unpaired) electrons. The molecule has 2 rings (SSSR count). The molecule has 20 heavy (non-hydrogen) atoms. The quantitative estimate of drug-likeness (QED) is 0.667. The summed E-state index contributed by atoms with van der Waals surface area (Å²) in [4.78, 5) is 10.4. The fourth-order valence-electron chi connectivity index (χ4n) is 1.70. The van der Waals surface area contributed by atoms with Gasteiger partial charge in [0.25, 0.3) is 5.69 Å². The van der Waals surface area contributed by atoms with Crippen LogP contribution in [0.25, 0.3) is 0 Å². The molecule has 104 valence electrons. The minimum Gasteiger partial charge on any atom is -0.378 e. The maximum Gasteiger partial charge on any atom is 0.274 e. The van der Waals surface area contributed by atoms with Crippen LogP contribution in [0.3, 0.4) is 0 Å². The maximum absolute atomic E-state index is 13.4. The lowest BCUT2D eigenvalue weighted by atomic mass is 10.1. The third-order valence-corrected chi connectivity index (χ3v) is 3.13. The number of nitrogens with one attached hydrogen (secondary N) is 1. The van der Waals surface area contributed by atoms with Gasteiger partial charge >= 0.3 is 0 Å². The van der Waals surface area contributed by atoms with E-state index in [9.17, 15) is 18.9 Å². The molecule has 0 fully saturated rings. The molecular weight excluding hydrogens is 334 g/mol. The van der Waals surface area contributed by atoms with E-state index >= 15 is 0 Å². The molecule has 0 aliphatic carbocycles. The Balaban J connectivity index is 2.22. The summed E-state index contributed by atoms with van der Waals surface area (Å²) in [6.45, 7) is 0.0539. The highest BCUT2D eigenvalue weighted by Crippen LogP contribution is 2.24. The first kappa shape index (κ1) is 14.4. The van der Waals surface area contributed by atoms with Crippen LogP contribution in [0.4, 0.5) is 20.2 Å². The average Bonchev–Trinajstić information content (AvgIpc) is 2.37. The Hall–Kier alpha value is -2.02. The number of hydrogen-bond donors (Lipinski definition) is 1. The van der Waals surface area contributed by atoms with Gasteiger partial charge in [-0.2, -0.15) is 0 Å².